The van der Waals surface area contributed by atoms with Crippen molar-refractivity contribution in [3.63, 3.8) is 0 Å². The minimum absolute atomic E-state index is 0.116. The molecule has 1 N–H and O–H groups in total. The third-order valence-corrected chi connectivity index (χ3v) is 7.05. The normalized spacial score (nSPS) is 18.0. The van der Waals surface area contributed by atoms with Crippen LogP contribution >= 0.6 is 11.6 Å². The van der Waals surface area contributed by atoms with Gasteiger partial charge in [-0.05, 0) is 30.5 Å². The van der Waals surface area contributed by atoms with Crippen molar-refractivity contribution in [2.45, 2.75) is 19.4 Å². The Hall–Kier alpha value is -2.81. The van der Waals surface area contributed by atoms with Crippen LogP contribution in [0.15, 0.2) is 30.5 Å². The lowest BCUT2D eigenvalue weighted by Crippen LogP contribution is -2.49. The summed E-state index contributed by atoms with van der Waals surface area (Å²) in [6.07, 6.45) is 4.20. The number of amides is 1. The van der Waals surface area contributed by atoms with Crippen molar-refractivity contribution < 1.29 is 13.2 Å². The van der Waals surface area contributed by atoms with Crippen LogP contribution in [0.2, 0.25) is 5.02 Å². The molecule has 0 unspecified atom stereocenters. The molecule has 182 valence electrons. The summed E-state index contributed by atoms with van der Waals surface area (Å²) in [5.41, 5.74) is 2.17. The molecule has 12 heteroatoms. The van der Waals surface area contributed by atoms with E-state index in [1.807, 2.05) is 12.1 Å². The second-order valence-corrected chi connectivity index (χ2v) is 10.9. The number of nitrogens with zero attached hydrogens (tertiary/aromatic N) is 6. The Morgan fingerprint density at radius 2 is 1.88 bits per heavy atom. The lowest BCUT2D eigenvalue weighted by Gasteiger charge is -2.35. The average molecular weight is 506 g/mol. The fourth-order valence-electron chi connectivity index (χ4n) is 4.32. The van der Waals surface area contributed by atoms with E-state index in [0.29, 0.717) is 26.2 Å². The quantitative estimate of drug-likeness (QED) is 0.663. The largest absolute Gasteiger partial charge is 0.370 e. The first-order chi connectivity index (χ1) is 16.2. The highest BCUT2D eigenvalue weighted by atomic mass is 35.5. The van der Waals surface area contributed by atoms with Crippen molar-refractivity contribution in [3.05, 3.63) is 41.0 Å². The van der Waals surface area contributed by atoms with Gasteiger partial charge in [0.2, 0.25) is 10.0 Å². The van der Waals surface area contributed by atoms with Gasteiger partial charge in [-0.3, -0.25) is 9.62 Å². The molecule has 0 atom stereocenters. The van der Waals surface area contributed by atoms with E-state index in [4.69, 9.17) is 16.9 Å². The first-order valence-corrected chi connectivity index (χ1v) is 13.5. The van der Waals surface area contributed by atoms with Gasteiger partial charge in [0, 0.05) is 64.0 Å². The Bertz CT molecular complexity index is 1180. The third kappa shape index (κ3) is 6.00. The van der Waals surface area contributed by atoms with Crippen LogP contribution in [0.5, 0.6) is 0 Å². The zero-order valence-corrected chi connectivity index (χ0v) is 20.6. The first kappa shape index (κ1) is 24.3. The number of piperidine rings is 1. The molecule has 2 aliphatic heterocycles. The summed E-state index contributed by atoms with van der Waals surface area (Å²) < 4.78 is 26.1. The molecule has 4 rings (SSSR count). The van der Waals surface area contributed by atoms with Crippen LogP contribution in [0.4, 0.5) is 16.3 Å². The number of hydrogen-bond donors (Lipinski definition) is 1. The van der Waals surface area contributed by atoms with Crippen LogP contribution in [-0.4, -0.2) is 79.6 Å². The second kappa shape index (κ2) is 10.2. The molecule has 2 aliphatic rings. The number of benzene rings is 1. The van der Waals surface area contributed by atoms with Crippen molar-refractivity contribution in [1.29, 1.82) is 5.26 Å². The molecule has 0 saturated carbocycles. The van der Waals surface area contributed by atoms with E-state index in [9.17, 15) is 13.2 Å². The van der Waals surface area contributed by atoms with Crippen molar-refractivity contribution >= 4 is 39.2 Å². The number of carbonyl (C=O) groups excluding carboxylic acids is 1. The van der Waals surface area contributed by atoms with Gasteiger partial charge in [-0.15, -0.1) is 5.10 Å². The number of nitrogens with one attached hydrogen (secondary N) is 1. The van der Waals surface area contributed by atoms with E-state index in [1.54, 1.807) is 4.90 Å². The molecule has 3 heterocycles. The second-order valence-electron chi connectivity index (χ2n) is 8.74. The van der Waals surface area contributed by atoms with Crippen LogP contribution in [0.1, 0.15) is 18.4 Å². The monoisotopic (exact) mass is 505 g/mol. The smallest absolute Gasteiger partial charge is 0.344 e. The number of aromatic nitrogens is 2. The predicted molar refractivity (Wildman–Crippen MR) is 130 cm³/mol. The Morgan fingerprint density at radius 3 is 2.53 bits per heavy atom. The summed E-state index contributed by atoms with van der Waals surface area (Å²) in [7, 11) is -3.45. The fraction of sp³-hybridized carbons (Fsp3) is 0.500. The molecule has 1 amide bonds. The van der Waals surface area contributed by atoms with E-state index in [-0.39, 0.29) is 17.8 Å². The van der Waals surface area contributed by atoms with E-state index in [1.165, 1.54) is 12.3 Å². The minimum atomic E-state index is -3.45. The van der Waals surface area contributed by atoms with Crippen LogP contribution in [0.3, 0.4) is 0 Å². The van der Waals surface area contributed by atoms with Gasteiger partial charge in [0.05, 0.1) is 23.0 Å². The number of piperazine rings is 1. The number of anilines is 2. The standard InChI is InChI=1S/C22H28ClN7O3S/c1-34(32,33)26-21-6-9-30(25-21)22(31)29-12-10-27(11-13-29)16-18-2-3-19(23)20(14-18)28-7-4-17(15-24)5-8-28/h2-3,6,9,14,17H,4-5,7-8,10-13,16H2,1H3,(H,25,26). The minimum Gasteiger partial charge on any atom is -0.370 e. The highest BCUT2D eigenvalue weighted by molar-refractivity contribution is 7.92. The Kier molecular flexibility index (Phi) is 7.30. The van der Waals surface area contributed by atoms with Crippen LogP contribution in [0.25, 0.3) is 0 Å². The molecule has 10 nitrogen and oxygen atoms in total. The van der Waals surface area contributed by atoms with Crippen molar-refractivity contribution in [1.82, 2.24) is 19.6 Å². The SMILES string of the molecule is CS(=O)(=O)Nc1ccn(C(=O)N2CCN(Cc3ccc(Cl)c(N4CCC(C#N)CC4)c3)CC2)n1. The van der Waals surface area contributed by atoms with Crippen LogP contribution in [-0.2, 0) is 16.6 Å². The number of sulfonamides is 1. The number of carbonyl (C=O) groups is 1. The van der Waals surface area contributed by atoms with Gasteiger partial charge in [-0.1, -0.05) is 17.7 Å². The zero-order valence-electron chi connectivity index (χ0n) is 19.0. The zero-order chi connectivity index (χ0) is 24.3. The van der Waals surface area contributed by atoms with Gasteiger partial charge in [-0.2, -0.15) is 9.94 Å². The van der Waals surface area contributed by atoms with E-state index in [0.717, 1.165) is 59.7 Å². The molecule has 1 aromatic carbocycles. The number of rotatable bonds is 5. The van der Waals surface area contributed by atoms with E-state index >= 15 is 0 Å². The lowest BCUT2D eigenvalue weighted by molar-refractivity contribution is 0.134. The van der Waals surface area contributed by atoms with E-state index in [2.05, 4.69) is 31.8 Å². The summed E-state index contributed by atoms with van der Waals surface area (Å²) >= 11 is 6.48. The van der Waals surface area contributed by atoms with Gasteiger partial charge >= 0.3 is 6.03 Å². The van der Waals surface area contributed by atoms with Gasteiger partial charge in [0.25, 0.3) is 0 Å². The van der Waals surface area contributed by atoms with Gasteiger partial charge in [0.1, 0.15) is 0 Å². The molecule has 2 aromatic rings. The molecule has 34 heavy (non-hydrogen) atoms. The van der Waals surface area contributed by atoms with Crippen LogP contribution in [0, 0.1) is 17.2 Å². The maximum atomic E-state index is 12.7. The van der Waals surface area contributed by atoms with Gasteiger partial charge in [0.15, 0.2) is 5.82 Å². The highest BCUT2D eigenvalue weighted by Gasteiger charge is 2.24. The predicted octanol–water partition coefficient (Wildman–Crippen LogP) is 2.43. The maximum Gasteiger partial charge on any atom is 0.344 e. The summed E-state index contributed by atoms with van der Waals surface area (Å²) in [6.45, 7) is 4.95. The number of halogens is 1. The molecule has 0 radical (unpaired) electrons. The molecule has 2 saturated heterocycles. The number of hydrogen-bond acceptors (Lipinski definition) is 7. The average Bonchev–Trinajstić information content (AvgIpc) is 3.27. The fourth-order valence-corrected chi connectivity index (χ4v) is 5.05. The van der Waals surface area contributed by atoms with Crippen molar-refractivity contribution in [3.8, 4) is 6.07 Å². The molecular weight excluding hydrogens is 478 g/mol. The highest BCUT2D eigenvalue weighted by Crippen LogP contribution is 2.31. The summed E-state index contributed by atoms with van der Waals surface area (Å²) in [5.74, 6) is 0.242. The van der Waals surface area contributed by atoms with Crippen molar-refractivity contribution in [2.24, 2.45) is 5.92 Å². The van der Waals surface area contributed by atoms with Crippen molar-refractivity contribution in [2.75, 3.05) is 55.1 Å². The number of nitriles is 1. The summed E-state index contributed by atoms with van der Waals surface area (Å²) in [5, 5.41) is 13.9. The van der Waals surface area contributed by atoms with Gasteiger partial charge < -0.3 is 9.80 Å². The summed E-state index contributed by atoms with van der Waals surface area (Å²) in [4.78, 5) is 19.0. The molecule has 2 fully saturated rings. The maximum absolute atomic E-state index is 12.7. The Morgan fingerprint density at radius 1 is 1.18 bits per heavy atom. The van der Waals surface area contributed by atoms with E-state index < -0.39 is 10.0 Å². The topological polar surface area (TPSA) is 115 Å². The Balaban J connectivity index is 1.32. The molecular formula is C22H28ClN7O3S. The molecule has 0 spiro atoms. The third-order valence-electron chi connectivity index (χ3n) is 6.15. The molecule has 0 bridgehead atoms. The summed E-state index contributed by atoms with van der Waals surface area (Å²) in [6, 6.07) is 9.63. The molecule has 1 aromatic heterocycles. The van der Waals surface area contributed by atoms with Crippen LogP contribution < -0.4 is 9.62 Å². The molecule has 0 aliphatic carbocycles. The van der Waals surface area contributed by atoms with Gasteiger partial charge in [-0.25, -0.2) is 13.2 Å². The first-order valence-electron chi connectivity index (χ1n) is 11.2. The Labute approximate surface area is 204 Å². The lowest BCUT2D eigenvalue weighted by atomic mass is 9.98.